The number of anilines is 2. The van der Waals surface area contributed by atoms with Gasteiger partial charge in [-0.05, 0) is 42.6 Å². The molecular formula is C26H22F3N5O5S. The summed E-state index contributed by atoms with van der Waals surface area (Å²) >= 11 is 1.33. The van der Waals surface area contributed by atoms with Gasteiger partial charge >= 0.3 is 6.18 Å². The molecule has 0 saturated carbocycles. The molecule has 0 radical (unpaired) electrons. The molecule has 2 aromatic heterocycles. The third-order valence-electron chi connectivity index (χ3n) is 6.04. The molecule has 0 fully saturated rings. The Kier molecular flexibility index (Phi) is 7.34. The second-order valence-corrected chi connectivity index (χ2v) is 9.78. The molecule has 1 aliphatic rings. The summed E-state index contributed by atoms with van der Waals surface area (Å²) in [7, 11) is 0. The van der Waals surface area contributed by atoms with Crippen molar-refractivity contribution in [3.63, 3.8) is 0 Å². The smallest absolute Gasteiger partial charge is 0.410 e. The van der Waals surface area contributed by atoms with Crippen molar-refractivity contribution in [2.75, 3.05) is 17.2 Å². The van der Waals surface area contributed by atoms with Crippen molar-refractivity contribution in [2.45, 2.75) is 31.6 Å². The zero-order chi connectivity index (χ0) is 28.4. The quantitative estimate of drug-likeness (QED) is 0.173. The summed E-state index contributed by atoms with van der Waals surface area (Å²) in [5.74, 6) is 0.247. The van der Waals surface area contributed by atoms with E-state index in [9.17, 15) is 28.1 Å². The number of halogens is 3. The number of carbonyl (C=O) groups is 1. The summed E-state index contributed by atoms with van der Waals surface area (Å²) in [4.78, 5) is 24.6. The second kappa shape index (κ2) is 10.9. The summed E-state index contributed by atoms with van der Waals surface area (Å²) in [5.41, 5.74) is -0.646. The van der Waals surface area contributed by atoms with Crippen LogP contribution in [0.3, 0.4) is 0 Å². The van der Waals surface area contributed by atoms with Crippen molar-refractivity contribution >= 4 is 34.4 Å². The van der Waals surface area contributed by atoms with Crippen molar-refractivity contribution < 1.29 is 32.4 Å². The van der Waals surface area contributed by atoms with E-state index in [1.165, 1.54) is 29.5 Å². The Labute approximate surface area is 229 Å². The standard InChI is InChI=1S/C26H22F3N5O5S/c1-2-38-17-5-7-18(8-6-17)39-19-11-15(10-16(12-19)34(36)37)30-25(35)21-14-24-31-20(22-4-3-9-40-22)13-23(26(27,28)29)33(24)32-21/h3-12,14,20,23,31H,2,13H2,1H3,(H,30,35)/t20-,23+/m1/s1. The Morgan fingerprint density at radius 3 is 2.58 bits per heavy atom. The number of nitrogens with one attached hydrogen (secondary N) is 2. The molecule has 2 N–H and O–H groups in total. The van der Waals surface area contributed by atoms with Crippen molar-refractivity contribution in [1.29, 1.82) is 0 Å². The number of nitro benzene ring substituents is 1. The Morgan fingerprint density at radius 2 is 1.93 bits per heavy atom. The van der Waals surface area contributed by atoms with Crippen LogP contribution in [0.4, 0.5) is 30.4 Å². The SMILES string of the molecule is CCOc1ccc(Oc2cc(NC(=O)c3cc4n(n3)[C@H](C(F)(F)F)C[C@H](c3cccs3)N4)cc([N+](=O)[O-])c2)cc1. The first-order valence-corrected chi connectivity index (χ1v) is 13.0. The summed E-state index contributed by atoms with van der Waals surface area (Å²) in [6.07, 6.45) is -4.89. The van der Waals surface area contributed by atoms with Gasteiger partial charge in [-0.25, -0.2) is 4.68 Å². The van der Waals surface area contributed by atoms with Crippen molar-refractivity contribution in [3.8, 4) is 17.2 Å². The number of amides is 1. The molecule has 2 atom stereocenters. The first-order chi connectivity index (χ1) is 19.1. The van der Waals surface area contributed by atoms with E-state index in [0.29, 0.717) is 18.1 Å². The molecule has 4 aromatic rings. The van der Waals surface area contributed by atoms with Crippen LogP contribution in [-0.4, -0.2) is 33.4 Å². The number of ether oxygens (including phenoxy) is 2. The third-order valence-corrected chi connectivity index (χ3v) is 7.03. The third kappa shape index (κ3) is 5.86. The molecule has 0 bridgehead atoms. The van der Waals surface area contributed by atoms with Crippen molar-refractivity contribution in [3.05, 3.63) is 86.7 Å². The first-order valence-electron chi connectivity index (χ1n) is 12.1. The first kappa shape index (κ1) is 27.0. The number of nitro groups is 1. The summed E-state index contributed by atoms with van der Waals surface area (Å²) in [6.45, 7) is 2.32. The molecule has 1 aliphatic heterocycles. The van der Waals surface area contributed by atoms with E-state index in [0.717, 1.165) is 15.6 Å². The van der Waals surface area contributed by atoms with Gasteiger partial charge in [0.1, 0.15) is 23.1 Å². The van der Waals surface area contributed by atoms with Gasteiger partial charge in [0.2, 0.25) is 0 Å². The number of benzene rings is 2. The van der Waals surface area contributed by atoms with E-state index in [-0.39, 0.29) is 35.1 Å². The minimum absolute atomic E-state index is 0.00269. The number of aromatic nitrogens is 2. The van der Waals surface area contributed by atoms with Gasteiger partial charge in [-0.2, -0.15) is 18.3 Å². The summed E-state index contributed by atoms with van der Waals surface area (Å²) in [6, 6.07) is 12.4. The van der Waals surface area contributed by atoms with Gasteiger partial charge in [0.05, 0.1) is 29.3 Å². The highest BCUT2D eigenvalue weighted by molar-refractivity contribution is 7.10. The van der Waals surface area contributed by atoms with Crippen LogP contribution in [0.5, 0.6) is 17.2 Å². The fourth-order valence-electron chi connectivity index (χ4n) is 4.28. The molecule has 0 saturated heterocycles. The van der Waals surface area contributed by atoms with Gasteiger partial charge in [-0.15, -0.1) is 11.3 Å². The zero-order valence-electron chi connectivity index (χ0n) is 20.8. The number of rotatable bonds is 8. The number of carbonyl (C=O) groups excluding carboxylic acids is 1. The molecule has 0 aliphatic carbocycles. The van der Waals surface area contributed by atoms with E-state index in [4.69, 9.17) is 9.47 Å². The average molecular weight is 574 g/mol. The molecule has 40 heavy (non-hydrogen) atoms. The Hall–Kier alpha value is -4.59. The van der Waals surface area contributed by atoms with Crippen LogP contribution in [-0.2, 0) is 0 Å². The van der Waals surface area contributed by atoms with Crippen LogP contribution >= 0.6 is 11.3 Å². The minimum Gasteiger partial charge on any atom is -0.494 e. The summed E-state index contributed by atoms with van der Waals surface area (Å²) in [5, 5.41) is 22.7. The van der Waals surface area contributed by atoms with E-state index >= 15 is 0 Å². The minimum atomic E-state index is -4.60. The second-order valence-electron chi connectivity index (χ2n) is 8.80. The number of non-ortho nitro benzene ring substituents is 1. The molecule has 5 rings (SSSR count). The molecule has 0 unspecified atom stereocenters. The number of nitrogens with zero attached hydrogens (tertiary/aromatic N) is 3. The lowest BCUT2D eigenvalue weighted by Gasteiger charge is -2.32. The highest BCUT2D eigenvalue weighted by atomic mass is 32.1. The average Bonchev–Trinajstić information content (AvgIpc) is 3.59. The molecule has 208 valence electrons. The highest BCUT2D eigenvalue weighted by Gasteiger charge is 2.47. The molecular weight excluding hydrogens is 551 g/mol. The largest absolute Gasteiger partial charge is 0.494 e. The van der Waals surface area contributed by atoms with Gasteiger partial charge < -0.3 is 20.1 Å². The number of hydrogen-bond acceptors (Lipinski definition) is 8. The Morgan fingerprint density at radius 1 is 1.18 bits per heavy atom. The fraction of sp³-hybridized carbons (Fsp3) is 0.231. The molecule has 2 aromatic carbocycles. The molecule has 0 spiro atoms. The Bertz CT molecular complexity index is 1520. The van der Waals surface area contributed by atoms with Crippen molar-refractivity contribution in [1.82, 2.24) is 9.78 Å². The topological polar surface area (TPSA) is 121 Å². The predicted octanol–water partition coefficient (Wildman–Crippen LogP) is 6.96. The number of thiophene rings is 1. The lowest BCUT2D eigenvalue weighted by molar-refractivity contribution is -0.384. The summed E-state index contributed by atoms with van der Waals surface area (Å²) < 4.78 is 53.6. The van der Waals surface area contributed by atoms with Crippen LogP contribution in [0.1, 0.15) is 40.8 Å². The van der Waals surface area contributed by atoms with Crippen LogP contribution in [0.25, 0.3) is 0 Å². The van der Waals surface area contributed by atoms with Gasteiger partial charge in [-0.1, -0.05) is 6.07 Å². The van der Waals surface area contributed by atoms with Crippen LogP contribution in [0, 0.1) is 10.1 Å². The zero-order valence-corrected chi connectivity index (χ0v) is 21.7. The monoisotopic (exact) mass is 573 g/mol. The van der Waals surface area contributed by atoms with E-state index in [1.54, 1.807) is 41.8 Å². The number of fused-ring (bicyclic) bond motifs is 1. The molecule has 1 amide bonds. The molecule has 14 heteroatoms. The van der Waals surface area contributed by atoms with E-state index in [2.05, 4.69) is 15.7 Å². The van der Waals surface area contributed by atoms with Gasteiger partial charge in [0.15, 0.2) is 11.7 Å². The molecule has 10 nitrogen and oxygen atoms in total. The van der Waals surface area contributed by atoms with Gasteiger partial charge in [0, 0.05) is 29.5 Å². The Balaban J connectivity index is 1.39. The van der Waals surface area contributed by atoms with E-state index in [1.807, 2.05) is 6.92 Å². The van der Waals surface area contributed by atoms with Crippen LogP contribution in [0.15, 0.2) is 66.0 Å². The number of hydrogen-bond donors (Lipinski definition) is 2. The van der Waals surface area contributed by atoms with Crippen LogP contribution in [0.2, 0.25) is 0 Å². The normalized spacial score (nSPS) is 16.5. The van der Waals surface area contributed by atoms with Crippen LogP contribution < -0.4 is 20.1 Å². The lowest BCUT2D eigenvalue weighted by Crippen LogP contribution is -2.35. The number of alkyl halides is 3. The lowest BCUT2D eigenvalue weighted by atomic mass is 10.0. The van der Waals surface area contributed by atoms with Gasteiger partial charge in [-0.3, -0.25) is 14.9 Å². The maximum atomic E-state index is 13.9. The highest BCUT2D eigenvalue weighted by Crippen LogP contribution is 2.44. The maximum absolute atomic E-state index is 13.9. The van der Waals surface area contributed by atoms with Gasteiger partial charge in [0.25, 0.3) is 11.6 Å². The fourth-order valence-corrected chi connectivity index (χ4v) is 5.07. The van der Waals surface area contributed by atoms with E-state index < -0.39 is 29.1 Å². The van der Waals surface area contributed by atoms with Crippen molar-refractivity contribution in [2.24, 2.45) is 0 Å². The predicted molar refractivity (Wildman–Crippen MR) is 141 cm³/mol. The maximum Gasteiger partial charge on any atom is 0.410 e. The molecule has 3 heterocycles.